The molecule has 1 amide bonds. The van der Waals surface area contributed by atoms with Crippen LogP contribution in [0.1, 0.15) is 11.1 Å². The van der Waals surface area contributed by atoms with Gasteiger partial charge in [0, 0.05) is 12.1 Å². The van der Waals surface area contributed by atoms with Gasteiger partial charge in [-0.3, -0.25) is 4.79 Å². The first-order valence-corrected chi connectivity index (χ1v) is 11.1. The fourth-order valence-electron chi connectivity index (χ4n) is 3.16. The molecule has 3 aromatic rings. The Morgan fingerprint density at radius 2 is 1.64 bits per heavy atom. The minimum Gasteiger partial charge on any atom is -0.495 e. The Morgan fingerprint density at radius 1 is 0.972 bits per heavy atom. The highest BCUT2D eigenvalue weighted by Gasteiger charge is 2.17. The third kappa shape index (κ3) is 6.39. The van der Waals surface area contributed by atoms with Crippen LogP contribution in [-0.4, -0.2) is 27.2 Å². The van der Waals surface area contributed by atoms with E-state index in [0.717, 1.165) is 5.56 Å². The summed E-state index contributed by atoms with van der Waals surface area (Å²) in [6.07, 6.45) is 1.35. The first-order valence-electron chi connectivity index (χ1n) is 10.4. The fourth-order valence-corrected chi connectivity index (χ4v) is 3.67. The molecule has 0 aromatic heterocycles. The lowest BCUT2D eigenvalue weighted by molar-refractivity contribution is -0.112. The van der Waals surface area contributed by atoms with Crippen molar-refractivity contribution in [1.82, 2.24) is 0 Å². The van der Waals surface area contributed by atoms with Gasteiger partial charge in [0.2, 0.25) is 0 Å². The van der Waals surface area contributed by atoms with Crippen molar-refractivity contribution in [3.63, 3.8) is 0 Å². The Labute approximate surface area is 217 Å². The molecule has 0 heterocycles. The Balaban J connectivity index is 1.85. The lowest BCUT2D eigenvalue weighted by Crippen LogP contribution is -2.14. The van der Waals surface area contributed by atoms with Crippen molar-refractivity contribution in [3.8, 4) is 29.1 Å². The minimum atomic E-state index is -0.688. The molecule has 186 valence electrons. The second kappa shape index (κ2) is 12.2. The molecular formula is C26H21Cl2FN2O5. The molecule has 36 heavy (non-hydrogen) atoms. The first-order chi connectivity index (χ1) is 17.3. The summed E-state index contributed by atoms with van der Waals surface area (Å²) in [5.41, 5.74) is 1.23. The predicted molar refractivity (Wildman–Crippen MR) is 136 cm³/mol. The molecule has 0 saturated heterocycles. The Kier molecular flexibility index (Phi) is 9.01. The van der Waals surface area contributed by atoms with Crippen LogP contribution < -0.4 is 24.3 Å². The van der Waals surface area contributed by atoms with Gasteiger partial charge < -0.3 is 24.3 Å². The van der Waals surface area contributed by atoms with E-state index in [0.29, 0.717) is 22.1 Å². The zero-order valence-corrected chi connectivity index (χ0v) is 21.0. The van der Waals surface area contributed by atoms with E-state index in [4.69, 9.17) is 42.1 Å². The summed E-state index contributed by atoms with van der Waals surface area (Å²) in [4.78, 5) is 12.8. The summed E-state index contributed by atoms with van der Waals surface area (Å²) in [6, 6.07) is 13.8. The van der Waals surface area contributed by atoms with Crippen LogP contribution in [0.5, 0.6) is 23.0 Å². The van der Waals surface area contributed by atoms with Gasteiger partial charge in [-0.15, -0.1) is 0 Å². The number of methoxy groups -OCH3 is 3. The molecule has 0 spiro atoms. The number of hydrogen-bond donors (Lipinski definition) is 1. The van der Waals surface area contributed by atoms with E-state index in [1.807, 2.05) is 6.07 Å². The third-order valence-electron chi connectivity index (χ3n) is 4.95. The van der Waals surface area contributed by atoms with E-state index in [2.05, 4.69) is 5.32 Å². The largest absolute Gasteiger partial charge is 0.495 e. The van der Waals surface area contributed by atoms with Crippen LogP contribution >= 0.6 is 23.2 Å². The minimum absolute atomic E-state index is 0.129. The molecule has 0 radical (unpaired) electrons. The maximum absolute atomic E-state index is 13.1. The molecule has 0 saturated carbocycles. The van der Waals surface area contributed by atoms with Gasteiger partial charge in [-0.1, -0.05) is 35.3 Å². The molecule has 7 nitrogen and oxygen atoms in total. The number of ether oxygens (including phenoxy) is 4. The average molecular weight is 531 g/mol. The van der Waals surface area contributed by atoms with Crippen molar-refractivity contribution in [1.29, 1.82) is 5.26 Å². The van der Waals surface area contributed by atoms with Crippen LogP contribution in [0.4, 0.5) is 10.1 Å². The topological polar surface area (TPSA) is 89.8 Å². The lowest BCUT2D eigenvalue weighted by atomic mass is 10.1. The normalized spacial score (nSPS) is 10.9. The van der Waals surface area contributed by atoms with Gasteiger partial charge in [0.25, 0.3) is 5.91 Å². The van der Waals surface area contributed by atoms with E-state index in [9.17, 15) is 14.4 Å². The summed E-state index contributed by atoms with van der Waals surface area (Å²) in [7, 11) is 4.29. The zero-order valence-electron chi connectivity index (χ0n) is 19.5. The smallest absolute Gasteiger partial charge is 0.266 e. The number of anilines is 1. The Bertz CT molecular complexity index is 1340. The van der Waals surface area contributed by atoms with Crippen LogP contribution in [0.2, 0.25) is 10.0 Å². The average Bonchev–Trinajstić information content (AvgIpc) is 2.87. The summed E-state index contributed by atoms with van der Waals surface area (Å²) in [6.45, 7) is 0.129. The lowest BCUT2D eigenvalue weighted by Gasteiger charge is -2.14. The second-order valence-electron chi connectivity index (χ2n) is 7.26. The Morgan fingerprint density at radius 3 is 2.25 bits per heavy atom. The van der Waals surface area contributed by atoms with Gasteiger partial charge in [-0.05, 0) is 41.5 Å². The number of benzene rings is 3. The summed E-state index contributed by atoms with van der Waals surface area (Å²) < 4.78 is 34.7. The SMILES string of the molecule is COc1cc(NC(=O)/C(C#N)=C/c2cc(Cl)c(OCc3ccc(F)cc3)c(OC)c2)c(OC)cc1Cl. The molecule has 0 fully saturated rings. The number of carbonyl (C=O) groups excluding carboxylic acids is 1. The fraction of sp³-hybridized carbons (Fsp3) is 0.154. The van der Waals surface area contributed by atoms with Gasteiger partial charge in [-0.2, -0.15) is 5.26 Å². The summed E-state index contributed by atoms with van der Waals surface area (Å²) in [5, 5.41) is 12.7. The molecule has 0 unspecified atom stereocenters. The summed E-state index contributed by atoms with van der Waals surface area (Å²) >= 11 is 12.5. The molecule has 3 aromatic carbocycles. The van der Waals surface area contributed by atoms with Crippen molar-refractivity contribution in [2.45, 2.75) is 6.61 Å². The number of nitriles is 1. The van der Waals surface area contributed by atoms with Crippen molar-refractivity contribution >= 4 is 40.9 Å². The van der Waals surface area contributed by atoms with Crippen LogP contribution in [-0.2, 0) is 11.4 Å². The highest BCUT2D eigenvalue weighted by Crippen LogP contribution is 2.38. The molecule has 0 aliphatic carbocycles. The van der Waals surface area contributed by atoms with Crippen LogP contribution in [0.25, 0.3) is 6.08 Å². The van der Waals surface area contributed by atoms with Crippen molar-refractivity contribution < 1.29 is 28.1 Å². The number of hydrogen-bond acceptors (Lipinski definition) is 6. The maximum atomic E-state index is 13.1. The molecular weight excluding hydrogens is 510 g/mol. The molecule has 0 aliphatic heterocycles. The number of nitrogens with one attached hydrogen (secondary N) is 1. The van der Waals surface area contributed by atoms with E-state index in [1.165, 1.54) is 57.7 Å². The van der Waals surface area contributed by atoms with Gasteiger partial charge >= 0.3 is 0 Å². The molecule has 1 N–H and O–H groups in total. The molecule has 3 rings (SSSR count). The number of nitrogens with zero attached hydrogens (tertiary/aromatic N) is 1. The van der Waals surface area contributed by atoms with Gasteiger partial charge in [0.15, 0.2) is 11.5 Å². The molecule has 0 aliphatic rings. The predicted octanol–water partition coefficient (Wildman–Crippen LogP) is 6.28. The highest BCUT2D eigenvalue weighted by atomic mass is 35.5. The highest BCUT2D eigenvalue weighted by molar-refractivity contribution is 6.33. The van der Waals surface area contributed by atoms with Crippen LogP contribution in [0.15, 0.2) is 54.1 Å². The molecule has 0 atom stereocenters. The standard InChI is InChI=1S/C26H21Cl2FN2O5/c1-33-22-12-21(23(34-2)11-19(22)27)31-26(32)17(13-30)8-16-9-20(28)25(24(10-16)35-3)36-14-15-4-6-18(29)7-5-15/h4-12H,14H2,1-3H3,(H,31,32)/b17-8+. The van der Waals surface area contributed by atoms with Crippen LogP contribution in [0.3, 0.4) is 0 Å². The monoisotopic (exact) mass is 530 g/mol. The quantitative estimate of drug-likeness (QED) is 0.258. The van der Waals surface area contributed by atoms with E-state index < -0.39 is 5.91 Å². The van der Waals surface area contributed by atoms with Gasteiger partial charge in [0.05, 0.1) is 37.1 Å². The maximum Gasteiger partial charge on any atom is 0.266 e. The molecule has 10 heteroatoms. The van der Waals surface area contributed by atoms with E-state index in [-0.39, 0.29) is 40.2 Å². The Hall–Kier alpha value is -3.93. The van der Waals surface area contributed by atoms with Crippen LogP contribution in [0, 0.1) is 17.1 Å². The zero-order chi connectivity index (χ0) is 26.2. The van der Waals surface area contributed by atoms with E-state index in [1.54, 1.807) is 18.2 Å². The number of carbonyl (C=O) groups is 1. The van der Waals surface area contributed by atoms with Gasteiger partial charge in [-0.25, -0.2) is 4.39 Å². The van der Waals surface area contributed by atoms with Crippen molar-refractivity contribution in [2.24, 2.45) is 0 Å². The van der Waals surface area contributed by atoms with E-state index >= 15 is 0 Å². The first kappa shape index (κ1) is 26.7. The number of amides is 1. The second-order valence-corrected chi connectivity index (χ2v) is 8.07. The van der Waals surface area contributed by atoms with Crippen molar-refractivity contribution in [3.05, 3.63) is 81.1 Å². The number of halogens is 3. The number of rotatable bonds is 9. The van der Waals surface area contributed by atoms with Gasteiger partial charge in [0.1, 0.15) is 35.6 Å². The van der Waals surface area contributed by atoms with Crippen molar-refractivity contribution in [2.75, 3.05) is 26.6 Å². The summed E-state index contributed by atoms with van der Waals surface area (Å²) in [5.74, 6) is 0.129. The third-order valence-corrected chi connectivity index (χ3v) is 5.52. The molecule has 0 bridgehead atoms.